The molecule has 28 heavy (non-hydrogen) atoms. The first-order chi connectivity index (χ1) is 13.2. The normalized spacial score (nSPS) is 20.7. The van der Waals surface area contributed by atoms with Crippen LogP contribution < -0.4 is 10.2 Å². The molecular formula is C18H21ClN6O3. The average molecular weight is 405 g/mol. The molecule has 2 aliphatic rings. The predicted molar refractivity (Wildman–Crippen MR) is 103 cm³/mol. The Morgan fingerprint density at radius 2 is 2.21 bits per heavy atom. The van der Waals surface area contributed by atoms with E-state index in [1.54, 1.807) is 28.1 Å². The van der Waals surface area contributed by atoms with Crippen molar-refractivity contribution >= 4 is 35.1 Å². The number of urea groups is 1. The van der Waals surface area contributed by atoms with E-state index in [2.05, 4.69) is 15.4 Å². The third kappa shape index (κ3) is 3.37. The second-order valence-corrected chi connectivity index (χ2v) is 8.03. The largest absolute Gasteiger partial charge is 0.441 e. The van der Waals surface area contributed by atoms with E-state index >= 15 is 0 Å². The Balaban J connectivity index is 1.56. The van der Waals surface area contributed by atoms with Gasteiger partial charge in [0.2, 0.25) is 0 Å². The van der Waals surface area contributed by atoms with Crippen LogP contribution >= 0.6 is 11.6 Å². The van der Waals surface area contributed by atoms with Gasteiger partial charge in [-0.15, -0.1) is 0 Å². The Labute approximate surface area is 167 Å². The number of anilines is 2. The molecule has 2 aromatic heterocycles. The molecule has 1 atom stereocenters. The van der Waals surface area contributed by atoms with Crippen LogP contribution in [0, 0.1) is 0 Å². The fourth-order valence-electron chi connectivity index (χ4n) is 3.51. The van der Waals surface area contributed by atoms with Crippen molar-refractivity contribution in [3.8, 4) is 0 Å². The van der Waals surface area contributed by atoms with E-state index in [0.717, 1.165) is 5.69 Å². The highest BCUT2D eigenvalue weighted by Crippen LogP contribution is 2.33. The molecule has 4 heterocycles. The van der Waals surface area contributed by atoms with Gasteiger partial charge in [-0.2, -0.15) is 5.10 Å². The summed E-state index contributed by atoms with van der Waals surface area (Å²) in [6, 6.07) is 2.94. The zero-order valence-corrected chi connectivity index (χ0v) is 16.6. The third-order valence-corrected chi connectivity index (χ3v) is 5.08. The first-order valence-corrected chi connectivity index (χ1v) is 9.36. The molecule has 3 amide bonds. The number of amides is 3. The van der Waals surface area contributed by atoms with Crippen molar-refractivity contribution in [1.29, 1.82) is 0 Å². The van der Waals surface area contributed by atoms with Gasteiger partial charge in [0.15, 0.2) is 0 Å². The number of nitrogens with zero attached hydrogens (tertiary/aromatic N) is 5. The molecule has 1 N–H and O–H groups in total. The second kappa shape index (κ2) is 6.66. The number of pyridine rings is 1. The third-order valence-electron chi connectivity index (χ3n) is 4.87. The van der Waals surface area contributed by atoms with Gasteiger partial charge in [0.25, 0.3) is 0 Å². The van der Waals surface area contributed by atoms with Gasteiger partial charge in [-0.05, 0) is 32.9 Å². The first kappa shape index (κ1) is 18.5. The lowest BCUT2D eigenvalue weighted by Gasteiger charge is -2.34. The molecule has 0 spiro atoms. The van der Waals surface area contributed by atoms with E-state index in [0.29, 0.717) is 36.2 Å². The van der Waals surface area contributed by atoms with E-state index in [1.165, 1.54) is 6.20 Å². The number of hydrogen-bond acceptors (Lipinski definition) is 5. The zero-order valence-electron chi connectivity index (χ0n) is 15.8. The summed E-state index contributed by atoms with van der Waals surface area (Å²) in [5.41, 5.74) is 1.48. The summed E-state index contributed by atoms with van der Waals surface area (Å²) in [4.78, 5) is 32.3. The van der Waals surface area contributed by atoms with Crippen LogP contribution in [0.15, 0.2) is 24.5 Å². The van der Waals surface area contributed by atoms with E-state index in [1.807, 2.05) is 25.5 Å². The molecule has 0 aromatic carbocycles. The molecule has 148 valence electrons. The first-order valence-electron chi connectivity index (χ1n) is 8.98. The Morgan fingerprint density at radius 1 is 1.43 bits per heavy atom. The highest BCUT2D eigenvalue weighted by molar-refractivity contribution is 6.29. The molecule has 2 aromatic rings. The molecule has 0 unspecified atom stereocenters. The van der Waals surface area contributed by atoms with Crippen molar-refractivity contribution in [3.63, 3.8) is 0 Å². The molecule has 0 saturated carbocycles. The monoisotopic (exact) mass is 404 g/mol. The smallest absolute Gasteiger partial charge is 0.415 e. The van der Waals surface area contributed by atoms with Gasteiger partial charge in [-0.3, -0.25) is 9.58 Å². The van der Waals surface area contributed by atoms with Gasteiger partial charge in [-0.1, -0.05) is 11.6 Å². The lowest BCUT2D eigenvalue weighted by atomic mass is 10.1. The second-order valence-electron chi connectivity index (χ2n) is 7.65. The topological polar surface area (TPSA) is 92.6 Å². The van der Waals surface area contributed by atoms with Crippen LogP contribution in [0.2, 0.25) is 5.15 Å². The van der Waals surface area contributed by atoms with Crippen LogP contribution in [-0.2, 0) is 17.8 Å². The Bertz CT molecular complexity index is 943. The fraction of sp³-hybridized carbons (Fsp3) is 0.444. The zero-order chi connectivity index (χ0) is 20.1. The maximum Gasteiger partial charge on any atom is 0.415 e. The predicted octanol–water partition coefficient (Wildman–Crippen LogP) is 3.10. The van der Waals surface area contributed by atoms with Gasteiger partial charge in [-0.25, -0.2) is 14.6 Å². The molecular weight excluding hydrogens is 384 g/mol. The lowest BCUT2D eigenvalue weighted by Crippen LogP contribution is -2.47. The van der Waals surface area contributed by atoms with Crippen LogP contribution in [0.3, 0.4) is 0 Å². The lowest BCUT2D eigenvalue weighted by molar-refractivity contribution is 0.0871. The van der Waals surface area contributed by atoms with Crippen molar-refractivity contribution in [2.75, 3.05) is 16.8 Å². The fourth-order valence-corrected chi connectivity index (χ4v) is 3.69. The number of halogens is 1. The van der Waals surface area contributed by atoms with Gasteiger partial charge in [0, 0.05) is 11.9 Å². The van der Waals surface area contributed by atoms with Crippen molar-refractivity contribution in [2.24, 2.45) is 0 Å². The summed E-state index contributed by atoms with van der Waals surface area (Å²) in [5.74, 6) is 0. The summed E-state index contributed by atoms with van der Waals surface area (Å²) in [7, 11) is 0. The molecule has 9 nitrogen and oxygen atoms in total. The van der Waals surface area contributed by atoms with Crippen LogP contribution in [0.25, 0.3) is 0 Å². The maximum absolute atomic E-state index is 12.8. The quantitative estimate of drug-likeness (QED) is 0.776. The van der Waals surface area contributed by atoms with Crippen LogP contribution in [0.5, 0.6) is 0 Å². The number of carbonyl (C=O) groups is 2. The van der Waals surface area contributed by atoms with Gasteiger partial charge in [0.05, 0.1) is 43.3 Å². The Morgan fingerprint density at radius 3 is 2.89 bits per heavy atom. The van der Waals surface area contributed by atoms with E-state index in [9.17, 15) is 9.59 Å². The molecule has 4 rings (SSSR count). The van der Waals surface area contributed by atoms with E-state index in [4.69, 9.17) is 16.3 Å². The van der Waals surface area contributed by atoms with Crippen LogP contribution in [0.1, 0.15) is 26.5 Å². The molecule has 0 bridgehead atoms. The molecule has 1 saturated heterocycles. The highest BCUT2D eigenvalue weighted by atomic mass is 35.5. The minimum Gasteiger partial charge on any atom is -0.441 e. The molecule has 0 radical (unpaired) electrons. The minimum absolute atomic E-state index is 0.0699. The van der Waals surface area contributed by atoms with E-state index < -0.39 is 11.7 Å². The van der Waals surface area contributed by atoms with Crippen molar-refractivity contribution in [1.82, 2.24) is 19.7 Å². The number of ether oxygens (including phenoxy) is 1. The SMILES string of the molecule is C[C@H]1Cn2ncc(N3CC(C)(C)OC3=O)c2CN1C(=O)Nc1ccnc(Cl)c1. The molecule has 2 aliphatic heterocycles. The van der Waals surface area contributed by atoms with Crippen LogP contribution in [0.4, 0.5) is 21.0 Å². The number of nitrogens with one attached hydrogen (secondary N) is 1. The van der Waals surface area contributed by atoms with Gasteiger partial charge < -0.3 is 15.0 Å². The number of carbonyl (C=O) groups excluding carboxylic acids is 2. The highest BCUT2D eigenvalue weighted by Gasteiger charge is 2.41. The number of hydrogen-bond donors (Lipinski definition) is 1. The molecule has 1 fully saturated rings. The Hall–Kier alpha value is -2.81. The minimum atomic E-state index is -0.564. The molecule has 0 aliphatic carbocycles. The average Bonchev–Trinajstić information content (AvgIpc) is 3.12. The number of rotatable bonds is 2. The standard InChI is InChI=1S/C18H21ClN6O3/c1-11-8-25-14(13(7-21-25)24-10-18(2,3)28-17(24)27)9-23(11)16(26)22-12-4-5-20-15(19)6-12/h4-7,11H,8-10H2,1-3H3,(H,20,22,26)/t11-/m0/s1. The summed E-state index contributed by atoms with van der Waals surface area (Å²) in [5, 5.41) is 7.56. The Kier molecular flexibility index (Phi) is 4.41. The number of cyclic esters (lactones) is 1. The van der Waals surface area contributed by atoms with Crippen molar-refractivity contribution in [3.05, 3.63) is 35.4 Å². The van der Waals surface area contributed by atoms with Gasteiger partial charge in [0.1, 0.15) is 10.8 Å². The summed E-state index contributed by atoms with van der Waals surface area (Å²) < 4.78 is 7.24. The number of fused-ring (bicyclic) bond motifs is 1. The summed E-state index contributed by atoms with van der Waals surface area (Å²) in [6.45, 7) is 6.97. The van der Waals surface area contributed by atoms with Gasteiger partial charge >= 0.3 is 12.1 Å². The summed E-state index contributed by atoms with van der Waals surface area (Å²) in [6.07, 6.45) is 2.79. The summed E-state index contributed by atoms with van der Waals surface area (Å²) >= 11 is 5.89. The number of aromatic nitrogens is 3. The van der Waals surface area contributed by atoms with Crippen molar-refractivity contribution < 1.29 is 14.3 Å². The maximum atomic E-state index is 12.8. The van der Waals surface area contributed by atoms with Crippen molar-refractivity contribution in [2.45, 2.75) is 45.5 Å². The molecule has 10 heteroatoms. The van der Waals surface area contributed by atoms with E-state index in [-0.39, 0.29) is 12.1 Å². The van der Waals surface area contributed by atoms with Crippen LogP contribution in [-0.4, -0.2) is 50.0 Å².